The second-order valence-electron chi connectivity index (χ2n) is 5.30. The lowest BCUT2D eigenvalue weighted by Gasteiger charge is -2.28. The predicted molar refractivity (Wildman–Crippen MR) is 64.0 cm³/mol. The maximum atomic E-state index is 11.8. The van der Waals surface area contributed by atoms with Crippen molar-refractivity contribution in [2.24, 2.45) is 11.1 Å². The highest BCUT2D eigenvalue weighted by atomic mass is 16.5. The van der Waals surface area contributed by atoms with Gasteiger partial charge in [-0.05, 0) is 18.3 Å². The van der Waals surface area contributed by atoms with Gasteiger partial charge in [0.2, 0.25) is 5.91 Å². The molecule has 94 valence electrons. The Hall–Kier alpha value is -0.610. The number of nitrogens with two attached hydrogens (primary N) is 1. The van der Waals surface area contributed by atoms with E-state index in [0.29, 0.717) is 19.0 Å². The number of rotatable bonds is 5. The molecule has 0 aliphatic heterocycles. The largest absolute Gasteiger partial charge is 0.380 e. The quantitative estimate of drug-likeness (QED) is 0.739. The highest BCUT2D eigenvalue weighted by molar-refractivity contribution is 5.76. The standard InChI is InChI=1S/C12H24N2O2/c1-12(2)6-4-5-10(12)14-11(15)7-9(8-13)16-3/h9-10H,4-8,13H2,1-3H3,(H,14,15). The summed E-state index contributed by atoms with van der Waals surface area (Å²) in [6.45, 7) is 4.81. The Bertz CT molecular complexity index is 237. The fourth-order valence-electron chi connectivity index (χ4n) is 2.32. The first-order valence-electron chi connectivity index (χ1n) is 6.02. The Morgan fingerprint density at radius 2 is 2.31 bits per heavy atom. The second kappa shape index (κ2) is 5.64. The molecule has 4 heteroatoms. The van der Waals surface area contributed by atoms with Gasteiger partial charge in [0.25, 0.3) is 0 Å². The average Bonchev–Trinajstić information content (AvgIpc) is 2.55. The van der Waals surface area contributed by atoms with E-state index in [1.807, 2.05) is 0 Å². The Morgan fingerprint density at radius 1 is 1.62 bits per heavy atom. The van der Waals surface area contributed by atoms with Crippen molar-refractivity contribution < 1.29 is 9.53 Å². The number of nitrogens with one attached hydrogen (secondary N) is 1. The SMILES string of the molecule is COC(CN)CC(=O)NC1CCCC1(C)C. The summed E-state index contributed by atoms with van der Waals surface area (Å²) in [5.41, 5.74) is 5.71. The lowest BCUT2D eigenvalue weighted by Crippen LogP contribution is -2.43. The number of amides is 1. The smallest absolute Gasteiger partial charge is 0.222 e. The molecule has 2 atom stereocenters. The molecule has 0 heterocycles. The molecule has 0 aromatic rings. The monoisotopic (exact) mass is 228 g/mol. The molecule has 0 bridgehead atoms. The van der Waals surface area contributed by atoms with E-state index < -0.39 is 0 Å². The lowest BCUT2D eigenvalue weighted by atomic mass is 9.87. The summed E-state index contributed by atoms with van der Waals surface area (Å²) >= 11 is 0. The van der Waals surface area contributed by atoms with Crippen LogP contribution in [-0.4, -0.2) is 31.7 Å². The molecule has 2 unspecified atom stereocenters. The van der Waals surface area contributed by atoms with Crippen LogP contribution in [0.2, 0.25) is 0 Å². The van der Waals surface area contributed by atoms with Crippen molar-refractivity contribution in [3.05, 3.63) is 0 Å². The van der Waals surface area contributed by atoms with Crippen LogP contribution in [0, 0.1) is 5.41 Å². The zero-order chi connectivity index (χ0) is 12.2. The van der Waals surface area contributed by atoms with Gasteiger partial charge in [-0.15, -0.1) is 0 Å². The number of methoxy groups -OCH3 is 1. The molecule has 1 aliphatic carbocycles. The van der Waals surface area contributed by atoms with Gasteiger partial charge in [0, 0.05) is 19.7 Å². The van der Waals surface area contributed by atoms with Crippen LogP contribution >= 0.6 is 0 Å². The van der Waals surface area contributed by atoms with Crippen molar-refractivity contribution in [2.75, 3.05) is 13.7 Å². The first-order chi connectivity index (χ1) is 7.49. The summed E-state index contributed by atoms with van der Waals surface area (Å²) in [5.74, 6) is 0.0530. The maximum absolute atomic E-state index is 11.8. The van der Waals surface area contributed by atoms with E-state index >= 15 is 0 Å². The van der Waals surface area contributed by atoms with Gasteiger partial charge in [0.15, 0.2) is 0 Å². The number of hydrogen-bond acceptors (Lipinski definition) is 3. The van der Waals surface area contributed by atoms with Crippen LogP contribution in [0.15, 0.2) is 0 Å². The molecule has 1 saturated carbocycles. The van der Waals surface area contributed by atoms with Crippen LogP contribution in [0.3, 0.4) is 0 Å². The molecule has 1 fully saturated rings. The van der Waals surface area contributed by atoms with Crippen LogP contribution < -0.4 is 11.1 Å². The van der Waals surface area contributed by atoms with Gasteiger partial charge in [-0.2, -0.15) is 0 Å². The summed E-state index contributed by atoms with van der Waals surface area (Å²) < 4.78 is 5.10. The Morgan fingerprint density at radius 3 is 2.75 bits per heavy atom. The van der Waals surface area contributed by atoms with E-state index in [1.165, 1.54) is 12.8 Å². The van der Waals surface area contributed by atoms with Crippen molar-refractivity contribution >= 4 is 5.91 Å². The Balaban J connectivity index is 2.39. The number of carbonyl (C=O) groups is 1. The summed E-state index contributed by atoms with van der Waals surface area (Å²) in [6.07, 6.45) is 3.66. The first-order valence-corrected chi connectivity index (χ1v) is 6.02. The second-order valence-corrected chi connectivity index (χ2v) is 5.30. The minimum Gasteiger partial charge on any atom is -0.380 e. The molecule has 0 aromatic carbocycles. The fraction of sp³-hybridized carbons (Fsp3) is 0.917. The van der Waals surface area contributed by atoms with Gasteiger partial charge >= 0.3 is 0 Å². The normalized spacial score (nSPS) is 25.4. The van der Waals surface area contributed by atoms with E-state index in [0.717, 1.165) is 6.42 Å². The molecule has 0 radical (unpaired) electrons. The molecular formula is C12H24N2O2. The van der Waals surface area contributed by atoms with Crippen molar-refractivity contribution in [2.45, 2.75) is 51.7 Å². The van der Waals surface area contributed by atoms with Crippen molar-refractivity contribution in [3.63, 3.8) is 0 Å². The molecule has 0 aromatic heterocycles. The van der Waals surface area contributed by atoms with E-state index in [2.05, 4.69) is 19.2 Å². The van der Waals surface area contributed by atoms with E-state index in [1.54, 1.807) is 7.11 Å². The molecule has 0 saturated heterocycles. The van der Waals surface area contributed by atoms with Crippen molar-refractivity contribution in [3.8, 4) is 0 Å². The van der Waals surface area contributed by atoms with Crippen molar-refractivity contribution in [1.82, 2.24) is 5.32 Å². The molecular weight excluding hydrogens is 204 g/mol. The molecule has 16 heavy (non-hydrogen) atoms. The van der Waals surface area contributed by atoms with Crippen LogP contribution in [0.1, 0.15) is 39.5 Å². The van der Waals surface area contributed by atoms with Crippen LogP contribution in [0.4, 0.5) is 0 Å². The average molecular weight is 228 g/mol. The predicted octanol–water partition coefficient (Wildman–Crippen LogP) is 1.05. The van der Waals surface area contributed by atoms with Gasteiger partial charge in [-0.1, -0.05) is 20.3 Å². The summed E-state index contributed by atoms with van der Waals surface area (Å²) in [4.78, 5) is 11.8. The first kappa shape index (κ1) is 13.5. The van der Waals surface area contributed by atoms with Crippen LogP contribution in [0.5, 0.6) is 0 Å². The van der Waals surface area contributed by atoms with E-state index in [-0.39, 0.29) is 17.4 Å². The topological polar surface area (TPSA) is 64.3 Å². The molecule has 1 rings (SSSR count). The third kappa shape index (κ3) is 3.46. The fourth-order valence-corrected chi connectivity index (χ4v) is 2.32. The van der Waals surface area contributed by atoms with Crippen LogP contribution in [0.25, 0.3) is 0 Å². The molecule has 1 amide bonds. The summed E-state index contributed by atoms with van der Waals surface area (Å²) in [6, 6.07) is 0.301. The van der Waals surface area contributed by atoms with E-state index in [4.69, 9.17) is 10.5 Å². The number of carbonyl (C=O) groups excluding carboxylic acids is 1. The van der Waals surface area contributed by atoms with Gasteiger partial charge in [-0.25, -0.2) is 0 Å². The molecule has 0 spiro atoms. The third-order valence-corrected chi connectivity index (χ3v) is 3.60. The third-order valence-electron chi connectivity index (χ3n) is 3.60. The van der Waals surface area contributed by atoms with Crippen molar-refractivity contribution in [1.29, 1.82) is 0 Å². The van der Waals surface area contributed by atoms with Gasteiger partial charge < -0.3 is 15.8 Å². The summed E-state index contributed by atoms with van der Waals surface area (Å²) in [7, 11) is 1.59. The zero-order valence-electron chi connectivity index (χ0n) is 10.6. The minimum absolute atomic E-state index is 0.0530. The lowest BCUT2D eigenvalue weighted by molar-refractivity contribution is -0.124. The van der Waals surface area contributed by atoms with Gasteiger partial charge in [0.05, 0.1) is 12.5 Å². The Labute approximate surface area is 97.9 Å². The summed E-state index contributed by atoms with van der Waals surface area (Å²) in [5, 5.41) is 3.09. The Kier molecular flexibility index (Phi) is 4.74. The molecule has 3 N–H and O–H groups in total. The minimum atomic E-state index is -0.162. The number of hydrogen-bond donors (Lipinski definition) is 2. The molecule has 4 nitrogen and oxygen atoms in total. The highest BCUT2D eigenvalue weighted by Gasteiger charge is 2.35. The zero-order valence-corrected chi connectivity index (χ0v) is 10.6. The molecule has 1 aliphatic rings. The van der Waals surface area contributed by atoms with Crippen LogP contribution in [-0.2, 0) is 9.53 Å². The van der Waals surface area contributed by atoms with Gasteiger partial charge in [-0.3, -0.25) is 4.79 Å². The highest BCUT2D eigenvalue weighted by Crippen LogP contribution is 2.37. The van der Waals surface area contributed by atoms with E-state index in [9.17, 15) is 4.79 Å². The maximum Gasteiger partial charge on any atom is 0.222 e. The van der Waals surface area contributed by atoms with Gasteiger partial charge in [0.1, 0.15) is 0 Å². The number of ether oxygens (including phenoxy) is 1.